The van der Waals surface area contributed by atoms with Crippen LogP contribution in [0.25, 0.3) is 50.9 Å². The number of halogens is 1. The van der Waals surface area contributed by atoms with Gasteiger partial charge in [-0.1, -0.05) is 71.0 Å². The lowest BCUT2D eigenvalue weighted by atomic mass is 10.1. The molecule has 13 nitrogen and oxygen atoms in total. The van der Waals surface area contributed by atoms with E-state index in [-0.39, 0.29) is 23.1 Å². The number of aryl methyl sites for hydroxylation is 2. The van der Waals surface area contributed by atoms with Gasteiger partial charge in [0.2, 0.25) is 0 Å². The topological polar surface area (TPSA) is 150 Å². The molecular formula is C51H59ClN6O7. The van der Waals surface area contributed by atoms with Crippen LogP contribution >= 0.6 is 11.6 Å². The van der Waals surface area contributed by atoms with E-state index < -0.39 is 0 Å². The van der Waals surface area contributed by atoms with E-state index in [2.05, 4.69) is 27.7 Å². The number of aromatic hydroxyl groups is 3. The quantitative estimate of drug-likeness (QED) is 0.0631. The van der Waals surface area contributed by atoms with E-state index in [0.717, 1.165) is 84.2 Å². The van der Waals surface area contributed by atoms with Crippen LogP contribution in [-0.4, -0.2) is 70.8 Å². The van der Waals surface area contributed by atoms with Gasteiger partial charge in [-0.3, -0.25) is 0 Å². The number of ether oxygens (including phenoxy) is 4. The molecule has 0 aliphatic carbocycles. The fraction of sp³-hybridized carbons (Fsp3) is 0.353. The molecule has 0 aliphatic rings. The summed E-state index contributed by atoms with van der Waals surface area (Å²) in [7, 11) is 0. The average Bonchev–Trinajstić information content (AvgIpc) is 3.96. The number of benzene rings is 5. The summed E-state index contributed by atoms with van der Waals surface area (Å²) in [6, 6.07) is 25.5. The van der Waals surface area contributed by atoms with Gasteiger partial charge in [0.15, 0.2) is 17.5 Å². The first kappa shape index (κ1) is 46.4. The molecule has 3 heterocycles. The van der Waals surface area contributed by atoms with Crippen molar-refractivity contribution < 1.29 is 34.3 Å². The van der Waals surface area contributed by atoms with E-state index in [0.29, 0.717) is 77.7 Å². The van der Waals surface area contributed by atoms with Crippen LogP contribution in [0.2, 0.25) is 5.02 Å². The smallest absolute Gasteiger partial charge is 0.167 e. The molecule has 0 aliphatic heterocycles. The van der Waals surface area contributed by atoms with E-state index in [1.54, 1.807) is 36.4 Å². The molecule has 0 fully saturated rings. The minimum absolute atomic E-state index is 0.0277. The van der Waals surface area contributed by atoms with Crippen molar-refractivity contribution in [2.24, 2.45) is 0 Å². The minimum Gasteiger partial charge on any atom is -0.507 e. The number of rotatable bonds is 20. The van der Waals surface area contributed by atoms with Gasteiger partial charge in [-0.15, -0.1) is 14.1 Å². The Morgan fingerprint density at radius 3 is 1.48 bits per heavy atom. The van der Waals surface area contributed by atoms with E-state index in [1.807, 2.05) is 76.4 Å². The van der Waals surface area contributed by atoms with Gasteiger partial charge >= 0.3 is 0 Å². The van der Waals surface area contributed by atoms with Crippen LogP contribution in [0, 0.1) is 13.8 Å². The highest BCUT2D eigenvalue weighted by atomic mass is 35.5. The molecule has 5 aromatic carbocycles. The summed E-state index contributed by atoms with van der Waals surface area (Å²) < 4.78 is 27.8. The Kier molecular flexibility index (Phi) is 15.3. The maximum Gasteiger partial charge on any atom is 0.167 e. The maximum atomic E-state index is 11.1. The summed E-state index contributed by atoms with van der Waals surface area (Å²) in [4.78, 5) is 16.3. The number of fused-ring (bicyclic) bond motifs is 4. The van der Waals surface area contributed by atoms with Crippen molar-refractivity contribution in [3.05, 3.63) is 101 Å². The predicted molar refractivity (Wildman–Crippen MR) is 256 cm³/mol. The highest BCUT2D eigenvalue weighted by molar-refractivity contribution is 6.31. The molecule has 0 unspecified atom stereocenters. The molecule has 0 saturated carbocycles. The summed E-state index contributed by atoms with van der Waals surface area (Å²) >= 11 is 6.00. The van der Waals surface area contributed by atoms with Crippen LogP contribution in [0.5, 0.6) is 40.2 Å². The lowest BCUT2D eigenvalue weighted by molar-refractivity contribution is 0.295. The lowest BCUT2D eigenvalue weighted by Gasteiger charge is -2.15. The summed E-state index contributed by atoms with van der Waals surface area (Å²) in [6.07, 6.45) is 7.70. The number of hydrogen-bond donors (Lipinski definition) is 3. The van der Waals surface area contributed by atoms with Gasteiger partial charge in [0.05, 0.1) is 43.1 Å². The summed E-state index contributed by atoms with van der Waals surface area (Å²) in [6.45, 7) is 14.6. The molecule has 0 atom stereocenters. The fourth-order valence-electron chi connectivity index (χ4n) is 7.15. The molecular weight excluding hydrogens is 844 g/mol. The number of aromatic nitrogens is 6. The van der Waals surface area contributed by atoms with Crippen LogP contribution in [0.1, 0.15) is 90.2 Å². The van der Waals surface area contributed by atoms with Gasteiger partial charge < -0.3 is 34.3 Å². The van der Waals surface area contributed by atoms with Gasteiger partial charge in [0.25, 0.3) is 0 Å². The van der Waals surface area contributed by atoms with Crippen LogP contribution < -0.4 is 18.9 Å². The van der Waals surface area contributed by atoms with Crippen LogP contribution in [-0.2, 0) is 0 Å². The second-order valence-electron chi connectivity index (χ2n) is 16.1. The Morgan fingerprint density at radius 1 is 0.508 bits per heavy atom. The summed E-state index contributed by atoms with van der Waals surface area (Å²) in [5.74, 6) is 3.47. The second-order valence-corrected chi connectivity index (χ2v) is 16.5. The zero-order valence-electron chi connectivity index (χ0n) is 38.1. The lowest BCUT2D eigenvalue weighted by Crippen LogP contribution is -2.04. The number of hydrogen-bond acceptors (Lipinski definition) is 10. The zero-order valence-corrected chi connectivity index (χ0v) is 38.9. The van der Waals surface area contributed by atoms with Crippen molar-refractivity contribution in [1.29, 1.82) is 0 Å². The summed E-state index contributed by atoms with van der Waals surface area (Å²) in [5.41, 5.74) is 6.41. The molecule has 3 N–H and O–H groups in total. The number of phenolic OH excluding ortho intramolecular Hbond substituents is 3. The van der Waals surface area contributed by atoms with Gasteiger partial charge in [0.1, 0.15) is 57.0 Å². The third-order valence-electron chi connectivity index (χ3n) is 10.8. The Hall–Kier alpha value is -6.60. The number of phenols is 3. The van der Waals surface area contributed by atoms with Crippen molar-refractivity contribution in [2.75, 3.05) is 26.4 Å². The highest BCUT2D eigenvalue weighted by Crippen LogP contribution is 2.39. The SMILES string of the molecule is CCCCOc1ccc(-c2nc(-c3ccc(OCCCC)cc3O)nc(-c3ccc(OCCCC)cc3OCCCC)n2)c(O)c1.Cc1cc(C)c(O)c(-n2n3c4ccc(Cl)cc4n23)c1. The predicted octanol–water partition coefficient (Wildman–Crippen LogP) is 12.4. The Balaban J connectivity index is 0.000000271. The molecule has 8 rings (SSSR count). The van der Waals surface area contributed by atoms with Gasteiger partial charge in [-0.2, -0.15) is 0 Å². The van der Waals surface area contributed by atoms with E-state index in [4.69, 9.17) is 45.5 Å². The number of unbranched alkanes of at least 4 members (excludes halogenated alkanes) is 4. The average molecular weight is 904 g/mol. The van der Waals surface area contributed by atoms with Crippen molar-refractivity contribution >= 4 is 22.6 Å². The van der Waals surface area contributed by atoms with Crippen molar-refractivity contribution in [1.82, 2.24) is 29.0 Å². The van der Waals surface area contributed by atoms with Gasteiger partial charge in [-0.05, 0) is 111 Å². The molecule has 65 heavy (non-hydrogen) atoms. The van der Waals surface area contributed by atoms with Crippen LogP contribution in [0.3, 0.4) is 0 Å². The molecule has 0 amide bonds. The molecule has 0 saturated heterocycles. The fourth-order valence-corrected chi connectivity index (χ4v) is 7.32. The van der Waals surface area contributed by atoms with Crippen molar-refractivity contribution in [3.8, 4) is 80.1 Å². The maximum absolute atomic E-state index is 11.1. The normalized spacial score (nSPS) is 11.3. The molecule has 0 bridgehead atoms. The second kappa shape index (κ2) is 21.4. The molecule has 342 valence electrons. The molecule has 0 radical (unpaired) electrons. The monoisotopic (exact) mass is 902 g/mol. The standard InChI is InChI=1S/C37H47N3O6.C14H12ClN3O/c1-5-9-19-43-26-13-16-29(32(41)23-26)35-38-36(30-17-14-27(24-33(30)42)44-20-10-6-2)40-37(39-35)31-18-15-28(45-21-11-7-3)25-34(31)46-22-12-8-4;1-8-5-9(2)14(19)13(6-8)18-16-11-4-3-10(15)7-12(11)17(16)18/h13-18,23-25,41-42H,5-12,19-22H2,1-4H3;3-7,19H,1-2H3. The first-order valence-electron chi connectivity index (χ1n) is 22.6. The van der Waals surface area contributed by atoms with E-state index in [9.17, 15) is 15.3 Å². The van der Waals surface area contributed by atoms with Gasteiger partial charge in [-0.25, -0.2) is 15.0 Å². The Morgan fingerprint density at radius 2 is 0.969 bits per heavy atom. The van der Waals surface area contributed by atoms with E-state index >= 15 is 0 Å². The van der Waals surface area contributed by atoms with Gasteiger partial charge in [0, 0.05) is 23.2 Å². The molecule has 3 aromatic heterocycles. The molecule has 0 spiro atoms. The third-order valence-corrected chi connectivity index (χ3v) is 11.1. The van der Waals surface area contributed by atoms with Crippen molar-refractivity contribution in [3.63, 3.8) is 0 Å². The van der Waals surface area contributed by atoms with Crippen molar-refractivity contribution in [2.45, 2.75) is 92.9 Å². The number of nitrogens with zero attached hydrogens (tertiary/aromatic N) is 6. The first-order valence-corrected chi connectivity index (χ1v) is 23.0. The minimum atomic E-state index is -0.0277. The van der Waals surface area contributed by atoms with E-state index in [1.165, 1.54) is 0 Å². The largest absolute Gasteiger partial charge is 0.507 e. The molecule has 8 aromatic rings. The Bertz CT molecular complexity index is 2750. The summed E-state index contributed by atoms with van der Waals surface area (Å²) in [5, 5.41) is 33.1. The first-order chi connectivity index (χ1) is 31.5. The third kappa shape index (κ3) is 10.9. The van der Waals surface area contributed by atoms with Crippen LogP contribution in [0.4, 0.5) is 0 Å². The highest BCUT2D eigenvalue weighted by Gasteiger charge is 2.26. The molecule has 14 heteroatoms. The Labute approximate surface area is 385 Å². The van der Waals surface area contributed by atoms with Crippen LogP contribution in [0.15, 0.2) is 84.9 Å². The zero-order chi connectivity index (χ0) is 46.0.